The number of fused-ring (bicyclic) bond motifs is 1. The molecule has 2 aromatic carbocycles. The van der Waals surface area contributed by atoms with Crippen molar-refractivity contribution in [3.05, 3.63) is 54.6 Å². The average molecular weight is 298 g/mol. The Morgan fingerprint density at radius 2 is 1.86 bits per heavy atom. The second-order valence-corrected chi connectivity index (χ2v) is 6.14. The zero-order valence-electron chi connectivity index (χ0n) is 11.8. The van der Waals surface area contributed by atoms with E-state index in [2.05, 4.69) is 28.4 Å². The summed E-state index contributed by atoms with van der Waals surface area (Å²) in [7, 11) is 0. The molecule has 0 saturated heterocycles. The van der Waals surface area contributed by atoms with E-state index < -0.39 is 0 Å². The number of rotatable bonds is 3. The second kappa shape index (κ2) is 6.68. The van der Waals surface area contributed by atoms with Crippen LogP contribution in [0.25, 0.3) is 0 Å². The summed E-state index contributed by atoms with van der Waals surface area (Å²) in [6.07, 6.45) is 1.10. The number of carbonyl (C=O) groups excluding carboxylic acids is 1. The highest BCUT2D eigenvalue weighted by molar-refractivity contribution is 7.99. The Morgan fingerprint density at radius 3 is 2.71 bits per heavy atom. The van der Waals surface area contributed by atoms with E-state index >= 15 is 0 Å². The van der Waals surface area contributed by atoms with Gasteiger partial charge in [-0.05, 0) is 36.4 Å². The first kappa shape index (κ1) is 14.0. The van der Waals surface area contributed by atoms with Gasteiger partial charge in [0, 0.05) is 17.1 Å². The molecule has 0 atom stereocenters. The zero-order chi connectivity index (χ0) is 14.5. The maximum atomic E-state index is 12.2. The van der Waals surface area contributed by atoms with E-state index in [9.17, 15) is 4.79 Å². The summed E-state index contributed by atoms with van der Waals surface area (Å²) in [6.45, 7) is 1.32. The van der Waals surface area contributed by atoms with Gasteiger partial charge in [0.15, 0.2) is 0 Å². The maximum absolute atomic E-state index is 12.2. The number of amides is 1. The summed E-state index contributed by atoms with van der Waals surface area (Å²) in [4.78, 5) is 15.7. The molecule has 1 amide bonds. The molecule has 2 aromatic rings. The third-order valence-corrected chi connectivity index (χ3v) is 4.58. The molecule has 3 rings (SSSR count). The van der Waals surface area contributed by atoms with Crippen LogP contribution in [0.1, 0.15) is 6.42 Å². The highest BCUT2D eigenvalue weighted by Gasteiger charge is 2.17. The van der Waals surface area contributed by atoms with Gasteiger partial charge in [0.2, 0.25) is 5.91 Å². The lowest BCUT2D eigenvalue weighted by Crippen LogP contribution is -2.34. The Hall–Kier alpha value is -1.94. The molecule has 0 unspecified atom stereocenters. The monoisotopic (exact) mass is 298 g/mol. The summed E-state index contributed by atoms with van der Waals surface area (Å²) in [5.74, 6) is 1.14. The van der Waals surface area contributed by atoms with Crippen LogP contribution in [0.15, 0.2) is 59.5 Å². The second-order valence-electron chi connectivity index (χ2n) is 5.01. The topological polar surface area (TPSA) is 32.3 Å². The molecular formula is C17H18N2OS. The smallest absolute Gasteiger partial charge is 0.243 e. The fourth-order valence-electron chi connectivity index (χ4n) is 2.46. The molecule has 1 aliphatic heterocycles. The van der Waals surface area contributed by atoms with Gasteiger partial charge in [-0.25, -0.2) is 0 Å². The molecule has 0 bridgehead atoms. The van der Waals surface area contributed by atoms with E-state index in [0.29, 0.717) is 6.54 Å². The number of hydrogen-bond acceptors (Lipinski definition) is 3. The zero-order valence-corrected chi connectivity index (χ0v) is 12.6. The number of anilines is 2. The fourth-order valence-corrected chi connectivity index (χ4v) is 3.47. The Morgan fingerprint density at radius 1 is 1.10 bits per heavy atom. The standard InChI is InChI=1S/C17H18N2OS/c20-17(18-14-7-2-1-3-8-14)13-19-11-6-12-21-16-10-5-4-9-15(16)19/h1-5,7-10H,6,11-13H2,(H,18,20). The van der Waals surface area contributed by atoms with Gasteiger partial charge in [-0.3, -0.25) is 4.79 Å². The molecule has 0 fully saturated rings. The first-order valence-corrected chi connectivity index (χ1v) is 8.13. The third kappa shape index (κ3) is 3.58. The Balaban J connectivity index is 1.71. The number of nitrogens with zero attached hydrogens (tertiary/aromatic N) is 1. The first-order chi connectivity index (χ1) is 10.3. The van der Waals surface area contributed by atoms with Crippen molar-refractivity contribution in [2.75, 3.05) is 29.1 Å². The van der Waals surface area contributed by atoms with E-state index in [1.54, 1.807) is 0 Å². The van der Waals surface area contributed by atoms with E-state index in [-0.39, 0.29) is 5.91 Å². The maximum Gasteiger partial charge on any atom is 0.243 e. The van der Waals surface area contributed by atoms with E-state index in [4.69, 9.17) is 0 Å². The lowest BCUT2D eigenvalue weighted by Gasteiger charge is -2.23. The van der Waals surface area contributed by atoms with E-state index in [0.717, 1.165) is 24.4 Å². The number of para-hydroxylation sites is 2. The molecule has 1 aliphatic rings. The quantitative estimate of drug-likeness (QED) is 0.939. The highest BCUT2D eigenvalue weighted by atomic mass is 32.2. The minimum Gasteiger partial charge on any atom is -0.361 e. The molecule has 0 aromatic heterocycles. The number of carbonyl (C=O) groups is 1. The molecule has 0 spiro atoms. The average Bonchev–Trinajstić information content (AvgIpc) is 2.71. The van der Waals surface area contributed by atoms with E-state index in [1.165, 1.54) is 10.6 Å². The molecule has 3 nitrogen and oxygen atoms in total. The van der Waals surface area contributed by atoms with Crippen molar-refractivity contribution in [3.8, 4) is 0 Å². The van der Waals surface area contributed by atoms with E-state index in [1.807, 2.05) is 48.2 Å². The van der Waals surface area contributed by atoms with Gasteiger partial charge < -0.3 is 10.2 Å². The number of hydrogen-bond donors (Lipinski definition) is 1. The summed E-state index contributed by atoms with van der Waals surface area (Å²) in [6, 6.07) is 17.9. The molecule has 0 aliphatic carbocycles. The molecule has 4 heteroatoms. The number of benzene rings is 2. The van der Waals surface area contributed by atoms with Crippen LogP contribution in [-0.4, -0.2) is 24.7 Å². The normalized spacial score (nSPS) is 14.2. The van der Waals surface area contributed by atoms with Crippen LogP contribution < -0.4 is 10.2 Å². The molecule has 0 radical (unpaired) electrons. The Labute approximate surface area is 129 Å². The SMILES string of the molecule is O=C(CN1CCCSc2ccccc21)Nc1ccccc1. The molecular weight excluding hydrogens is 280 g/mol. The van der Waals surface area contributed by atoms with Crippen LogP contribution in [0.4, 0.5) is 11.4 Å². The van der Waals surface area contributed by atoms with Crippen molar-refractivity contribution in [1.82, 2.24) is 0 Å². The van der Waals surface area contributed by atoms with Crippen molar-refractivity contribution in [2.45, 2.75) is 11.3 Å². The Bertz CT molecular complexity index is 615. The Kier molecular flexibility index (Phi) is 4.46. The van der Waals surface area contributed by atoms with Crippen molar-refractivity contribution in [1.29, 1.82) is 0 Å². The van der Waals surface area contributed by atoms with Crippen LogP contribution in [-0.2, 0) is 4.79 Å². The van der Waals surface area contributed by atoms with Crippen LogP contribution >= 0.6 is 11.8 Å². The number of nitrogens with one attached hydrogen (secondary N) is 1. The minimum atomic E-state index is 0.0305. The molecule has 1 heterocycles. The summed E-state index contributed by atoms with van der Waals surface area (Å²) < 4.78 is 0. The van der Waals surface area contributed by atoms with Gasteiger partial charge in [0.25, 0.3) is 0 Å². The summed E-state index contributed by atoms with van der Waals surface area (Å²) in [5, 5.41) is 2.95. The largest absolute Gasteiger partial charge is 0.361 e. The van der Waals surface area contributed by atoms with Crippen LogP contribution in [0, 0.1) is 0 Å². The minimum absolute atomic E-state index is 0.0305. The van der Waals surface area contributed by atoms with Crippen molar-refractivity contribution in [3.63, 3.8) is 0 Å². The van der Waals surface area contributed by atoms with Gasteiger partial charge in [0.1, 0.15) is 0 Å². The van der Waals surface area contributed by atoms with Gasteiger partial charge in [0.05, 0.1) is 12.2 Å². The third-order valence-electron chi connectivity index (χ3n) is 3.43. The summed E-state index contributed by atoms with van der Waals surface area (Å²) >= 11 is 1.87. The van der Waals surface area contributed by atoms with Gasteiger partial charge in [-0.1, -0.05) is 30.3 Å². The van der Waals surface area contributed by atoms with Crippen molar-refractivity contribution >= 4 is 29.0 Å². The van der Waals surface area contributed by atoms with Crippen LogP contribution in [0.3, 0.4) is 0 Å². The number of thioether (sulfide) groups is 1. The predicted molar refractivity (Wildman–Crippen MR) is 89.1 cm³/mol. The molecule has 108 valence electrons. The molecule has 1 N–H and O–H groups in total. The molecule has 21 heavy (non-hydrogen) atoms. The first-order valence-electron chi connectivity index (χ1n) is 7.14. The fraction of sp³-hybridized carbons (Fsp3) is 0.235. The molecule has 0 saturated carbocycles. The summed E-state index contributed by atoms with van der Waals surface area (Å²) in [5.41, 5.74) is 2.02. The van der Waals surface area contributed by atoms with Crippen molar-refractivity contribution in [2.24, 2.45) is 0 Å². The van der Waals surface area contributed by atoms with Gasteiger partial charge in [-0.2, -0.15) is 0 Å². The van der Waals surface area contributed by atoms with Crippen LogP contribution in [0.5, 0.6) is 0 Å². The lowest BCUT2D eigenvalue weighted by atomic mass is 10.2. The highest BCUT2D eigenvalue weighted by Crippen LogP contribution is 2.33. The lowest BCUT2D eigenvalue weighted by molar-refractivity contribution is -0.115. The van der Waals surface area contributed by atoms with Gasteiger partial charge in [-0.15, -0.1) is 11.8 Å². The van der Waals surface area contributed by atoms with Crippen molar-refractivity contribution < 1.29 is 4.79 Å². The van der Waals surface area contributed by atoms with Crippen LogP contribution in [0.2, 0.25) is 0 Å². The van der Waals surface area contributed by atoms with Gasteiger partial charge >= 0.3 is 0 Å². The predicted octanol–water partition coefficient (Wildman–Crippen LogP) is 3.63.